The molecule has 0 bridgehead atoms. The van der Waals surface area contributed by atoms with Crippen molar-refractivity contribution in [2.75, 3.05) is 18.3 Å². The molecule has 0 aliphatic rings. The van der Waals surface area contributed by atoms with Gasteiger partial charge in [-0.05, 0) is 12.1 Å². The molecule has 0 atom stereocenters. The number of hydrogen-bond donors (Lipinski definition) is 2. The summed E-state index contributed by atoms with van der Waals surface area (Å²) >= 11 is 5.71. The molecule has 1 aromatic heterocycles. The van der Waals surface area contributed by atoms with E-state index in [0.717, 1.165) is 4.31 Å². The predicted octanol–water partition coefficient (Wildman–Crippen LogP) is 0.798. The summed E-state index contributed by atoms with van der Waals surface area (Å²) in [6.45, 7) is -0.136. The molecule has 0 fully saturated rings. The highest BCUT2D eigenvalue weighted by Gasteiger charge is 2.19. The number of carboxylic acids is 1. The highest BCUT2D eigenvalue weighted by molar-refractivity contribution is 7.90. The standard InChI is InChI=1S/C9H12ClN3O4S/c1-13(6-4-8(14)15)18(16,17)12-7-3-2-5-11-9(7)10/h2-3,5,12H,4,6H2,1H3,(H,14,15). The molecule has 1 aromatic rings. The molecule has 100 valence electrons. The van der Waals surface area contributed by atoms with Gasteiger partial charge in [0.15, 0.2) is 5.15 Å². The second kappa shape index (κ2) is 5.98. The van der Waals surface area contributed by atoms with Gasteiger partial charge >= 0.3 is 16.2 Å². The van der Waals surface area contributed by atoms with Crippen molar-refractivity contribution in [1.29, 1.82) is 0 Å². The van der Waals surface area contributed by atoms with Crippen LogP contribution >= 0.6 is 11.6 Å². The second-order valence-corrected chi connectivity index (χ2v) is 5.55. The molecule has 0 radical (unpaired) electrons. The lowest BCUT2D eigenvalue weighted by molar-refractivity contribution is -0.137. The van der Waals surface area contributed by atoms with Gasteiger partial charge < -0.3 is 5.11 Å². The van der Waals surface area contributed by atoms with E-state index in [1.165, 1.54) is 25.4 Å². The Hall–Kier alpha value is -1.38. The molecule has 2 N–H and O–H groups in total. The average molecular weight is 294 g/mol. The van der Waals surface area contributed by atoms with Crippen LogP contribution in [0.15, 0.2) is 18.3 Å². The Bertz CT molecular complexity index is 534. The molecule has 7 nitrogen and oxygen atoms in total. The van der Waals surface area contributed by atoms with Crippen molar-refractivity contribution in [1.82, 2.24) is 9.29 Å². The topological polar surface area (TPSA) is 99.6 Å². The zero-order valence-corrected chi connectivity index (χ0v) is 11.1. The summed E-state index contributed by atoms with van der Waals surface area (Å²) in [6.07, 6.45) is 1.15. The number of anilines is 1. The highest BCUT2D eigenvalue weighted by Crippen LogP contribution is 2.19. The van der Waals surface area contributed by atoms with Gasteiger partial charge in [-0.1, -0.05) is 11.6 Å². The van der Waals surface area contributed by atoms with E-state index in [-0.39, 0.29) is 23.8 Å². The van der Waals surface area contributed by atoms with Crippen LogP contribution in [0.3, 0.4) is 0 Å². The minimum absolute atomic E-state index is 0.0210. The first-order valence-electron chi connectivity index (χ1n) is 4.89. The summed E-state index contributed by atoms with van der Waals surface area (Å²) in [5, 5.41) is 8.51. The Balaban J connectivity index is 2.76. The van der Waals surface area contributed by atoms with Gasteiger partial charge in [-0.2, -0.15) is 12.7 Å². The van der Waals surface area contributed by atoms with Crippen molar-refractivity contribution in [3.05, 3.63) is 23.5 Å². The van der Waals surface area contributed by atoms with Gasteiger partial charge in [-0.15, -0.1) is 0 Å². The highest BCUT2D eigenvalue weighted by atomic mass is 35.5. The average Bonchev–Trinajstić information content (AvgIpc) is 2.28. The van der Waals surface area contributed by atoms with Crippen LogP contribution in [0.1, 0.15) is 6.42 Å². The zero-order chi connectivity index (χ0) is 13.8. The van der Waals surface area contributed by atoms with Crippen LogP contribution in [0.25, 0.3) is 0 Å². The molecule has 9 heteroatoms. The van der Waals surface area contributed by atoms with Crippen molar-refractivity contribution in [3.63, 3.8) is 0 Å². The van der Waals surface area contributed by atoms with E-state index in [1.54, 1.807) is 0 Å². The van der Waals surface area contributed by atoms with Crippen molar-refractivity contribution < 1.29 is 18.3 Å². The lowest BCUT2D eigenvalue weighted by Crippen LogP contribution is -2.34. The van der Waals surface area contributed by atoms with E-state index in [9.17, 15) is 13.2 Å². The Kier molecular flexibility index (Phi) is 4.88. The van der Waals surface area contributed by atoms with E-state index in [2.05, 4.69) is 9.71 Å². The molecule has 0 saturated carbocycles. The molecule has 0 aliphatic carbocycles. The van der Waals surface area contributed by atoms with Crippen LogP contribution in [-0.4, -0.2) is 42.4 Å². The van der Waals surface area contributed by atoms with Gasteiger partial charge in [0.25, 0.3) is 0 Å². The molecule has 18 heavy (non-hydrogen) atoms. The first kappa shape index (κ1) is 14.7. The van der Waals surface area contributed by atoms with Crippen molar-refractivity contribution >= 4 is 33.5 Å². The molecule has 0 aliphatic heterocycles. The summed E-state index contributed by atoms with van der Waals surface area (Å²) in [6, 6.07) is 2.99. The van der Waals surface area contributed by atoms with Crippen molar-refractivity contribution in [2.24, 2.45) is 0 Å². The van der Waals surface area contributed by atoms with Gasteiger partial charge in [0.1, 0.15) is 0 Å². The quantitative estimate of drug-likeness (QED) is 0.756. The second-order valence-electron chi connectivity index (χ2n) is 3.41. The first-order valence-corrected chi connectivity index (χ1v) is 6.71. The number of aliphatic carboxylic acids is 1. The molecule has 0 unspecified atom stereocenters. The fraction of sp³-hybridized carbons (Fsp3) is 0.333. The van der Waals surface area contributed by atoms with Crippen LogP contribution in [0.4, 0.5) is 5.69 Å². The van der Waals surface area contributed by atoms with E-state index >= 15 is 0 Å². The van der Waals surface area contributed by atoms with Gasteiger partial charge in [-0.25, -0.2) is 4.98 Å². The number of halogens is 1. The summed E-state index contributed by atoms with van der Waals surface area (Å²) < 4.78 is 26.7. The zero-order valence-electron chi connectivity index (χ0n) is 9.50. The number of nitrogens with zero attached hydrogens (tertiary/aromatic N) is 2. The SMILES string of the molecule is CN(CCC(=O)O)S(=O)(=O)Nc1cccnc1Cl. The molecule has 0 amide bonds. The number of aromatic nitrogens is 1. The third-order valence-corrected chi connectivity index (χ3v) is 3.83. The van der Waals surface area contributed by atoms with Gasteiger partial charge in [-0.3, -0.25) is 9.52 Å². The molecule has 1 rings (SSSR count). The lowest BCUT2D eigenvalue weighted by Gasteiger charge is -2.17. The number of hydrogen-bond acceptors (Lipinski definition) is 4. The summed E-state index contributed by atoms with van der Waals surface area (Å²) in [5.41, 5.74) is 0.140. The Labute approximate surface area is 110 Å². The van der Waals surface area contributed by atoms with Gasteiger partial charge in [0.2, 0.25) is 0 Å². The normalized spacial score (nSPS) is 11.5. The number of carbonyl (C=O) groups is 1. The molecular formula is C9H12ClN3O4S. The maximum atomic E-state index is 11.8. The van der Waals surface area contributed by atoms with Crippen LogP contribution in [0, 0.1) is 0 Å². The first-order chi connectivity index (χ1) is 8.33. The third-order valence-electron chi connectivity index (χ3n) is 2.05. The molecule has 0 saturated heterocycles. The fourth-order valence-electron chi connectivity index (χ4n) is 1.05. The maximum Gasteiger partial charge on any atom is 0.304 e. The van der Waals surface area contributed by atoms with Gasteiger partial charge in [0, 0.05) is 19.8 Å². The lowest BCUT2D eigenvalue weighted by atomic mass is 10.4. The number of nitrogens with one attached hydrogen (secondary N) is 1. The monoisotopic (exact) mass is 293 g/mol. The largest absolute Gasteiger partial charge is 0.481 e. The van der Waals surface area contributed by atoms with Crippen LogP contribution in [0.5, 0.6) is 0 Å². The van der Waals surface area contributed by atoms with Crippen LogP contribution < -0.4 is 4.72 Å². The van der Waals surface area contributed by atoms with Crippen molar-refractivity contribution in [2.45, 2.75) is 6.42 Å². The minimum Gasteiger partial charge on any atom is -0.481 e. The molecule has 0 spiro atoms. The smallest absolute Gasteiger partial charge is 0.304 e. The minimum atomic E-state index is -3.84. The third kappa shape index (κ3) is 4.13. The summed E-state index contributed by atoms with van der Waals surface area (Å²) in [7, 11) is -2.56. The Morgan fingerprint density at radius 2 is 2.28 bits per heavy atom. The van der Waals surface area contributed by atoms with Crippen molar-refractivity contribution in [3.8, 4) is 0 Å². The fourth-order valence-corrected chi connectivity index (χ4v) is 2.21. The van der Waals surface area contributed by atoms with Crippen LogP contribution in [0.2, 0.25) is 5.15 Å². The molecular weight excluding hydrogens is 282 g/mol. The Morgan fingerprint density at radius 1 is 1.61 bits per heavy atom. The van der Waals surface area contributed by atoms with E-state index in [0.29, 0.717) is 0 Å². The van der Waals surface area contributed by atoms with E-state index < -0.39 is 16.2 Å². The summed E-state index contributed by atoms with van der Waals surface area (Å²) in [5.74, 6) is -1.07. The van der Waals surface area contributed by atoms with Crippen LogP contribution in [-0.2, 0) is 15.0 Å². The number of rotatable bonds is 6. The molecule has 0 aromatic carbocycles. The molecule has 1 heterocycles. The number of carboxylic acid groups (broad SMARTS) is 1. The predicted molar refractivity (Wildman–Crippen MR) is 66.7 cm³/mol. The maximum absolute atomic E-state index is 11.8. The van der Waals surface area contributed by atoms with E-state index in [4.69, 9.17) is 16.7 Å². The summed E-state index contributed by atoms with van der Waals surface area (Å²) in [4.78, 5) is 14.1. The van der Waals surface area contributed by atoms with E-state index in [1.807, 2.05) is 0 Å². The number of pyridine rings is 1. The van der Waals surface area contributed by atoms with Gasteiger partial charge in [0.05, 0.1) is 12.1 Å². The Morgan fingerprint density at radius 3 is 2.83 bits per heavy atom.